The molecule has 0 radical (unpaired) electrons. The molecule has 0 aliphatic heterocycles. The van der Waals surface area contributed by atoms with Gasteiger partial charge in [0.15, 0.2) is 0 Å². The molecule has 120 valence electrons. The van der Waals surface area contributed by atoms with Crippen LogP contribution >= 0.6 is 0 Å². The van der Waals surface area contributed by atoms with Crippen LogP contribution in [-0.4, -0.2) is 10.5 Å². The highest BCUT2D eigenvalue weighted by atomic mass is 32.2. The molecule has 1 atom stereocenters. The molecule has 0 saturated carbocycles. The average Bonchev–Trinajstić information content (AvgIpc) is 2.52. The van der Waals surface area contributed by atoms with E-state index in [1.54, 1.807) is 36.6 Å². The summed E-state index contributed by atoms with van der Waals surface area (Å²) in [5.41, 5.74) is 0.284. The van der Waals surface area contributed by atoms with Gasteiger partial charge in [-0.3, -0.25) is 4.21 Å². The zero-order chi connectivity index (χ0) is 17.0. The molecule has 7 heteroatoms. The van der Waals surface area contributed by atoms with Gasteiger partial charge >= 0.3 is 6.18 Å². The second-order valence-electron chi connectivity index (χ2n) is 4.82. The summed E-state index contributed by atoms with van der Waals surface area (Å²) >= 11 is 0. The van der Waals surface area contributed by atoms with E-state index in [0.29, 0.717) is 17.1 Å². The molecule has 0 heterocycles. The van der Waals surface area contributed by atoms with Crippen molar-refractivity contribution in [3.05, 3.63) is 59.2 Å². The normalized spacial score (nSPS) is 12.5. The Hall–Kier alpha value is -2.33. The lowest BCUT2D eigenvalue weighted by atomic mass is 10.1. The van der Waals surface area contributed by atoms with Crippen molar-refractivity contribution in [1.29, 1.82) is 5.26 Å². The third-order valence-corrected chi connectivity index (χ3v) is 4.14. The van der Waals surface area contributed by atoms with Gasteiger partial charge in [0.25, 0.3) is 0 Å². The summed E-state index contributed by atoms with van der Waals surface area (Å²) in [6.45, 7) is 0.344. The molecule has 2 rings (SSSR count). The van der Waals surface area contributed by atoms with E-state index in [1.807, 2.05) is 0 Å². The number of hydrogen-bond donors (Lipinski definition) is 1. The lowest BCUT2D eigenvalue weighted by molar-refractivity contribution is -0.137. The maximum atomic E-state index is 12.6. The van der Waals surface area contributed by atoms with Crippen molar-refractivity contribution in [2.75, 3.05) is 11.6 Å². The van der Waals surface area contributed by atoms with Crippen molar-refractivity contribution in [1.82, 2.24) is 0 Å². The predicted octanol–water partition coefficient (Wildman–Crippen LogP) is 3.93. The van der Waals surface area contributed by atoms with Crippen molar-refractivity contribution in [2.45, 2.75) is 17.6 Å². The summed E-state index contributed by atoms with van der Waals surface area (Å²) in [6, 6.07) is 11.8. The van der Waals surface area contributed by atoms with Crippen LogP contribution in [0, 0.1) is 11.3 Å². The molecule has 0 aromatic heterocycles. The number of nitrogens with one attached hydrogen (secondary N) is 1. The van der Waals surface area contributed by atoms with Gasteiger partial charge in [-0.05, 0) is 35.9 Å². The minimum absolute atomic E-state index is 0.0638. The van der Waals surface area contributed by atoms with Crippen LogP contribution in [-0.2, 0) is 23.5 Å². The van der Waals surface area contributed by atoms with Crippen LogP contribution in [0.1, 0.15) is 16.7 Å². The van der Waals surface area contributed by atoms with Gasteiger partial charge in [0.05, 0.1) is 16.8 Å². The summed E-state index contributed by atoms with van der Waals surface area (Å²) in [5.74, 6) is 0. The van der Waals surface area contributed by atoms with E-state index in [0.717, 1.165) is 17.7 Å². The SMILES string of the molecule is CS(=O)c1ccc(CNc2ccc(C(F)(F)F)cc2C#N)cc1. The summed E-state index contributed by atoms with van der Waals surface area (Å²) in [7, 11) is -1.06. The van der Waals surface area contributed by atoms with Crippen molar-refractivity contribution in [2.24, 2.45) is 0 Å². The molecule has 0 saturated heterocycles. The van der Waals surface area contributed by atoms with Crippen molar-refractivity contribution in [3.63, 3.8) is 0 Å². The van der Waals surface area contributed by atoms with Gasteiger partial charge in [-0.15, -0.1) is 0 Å². The van der Waals surface area contributed by atoms with Gasteiger partial charge < -0.3 is 5.32 Å². The van der Waals surface area contributed by atoms with Gasteiger partial charge in [-0.2, -0.15) is 18.4 Å². The highest BCUT2D eigenvalue weighted by Crippen LogP contribution is 2.31. The monoisotopic (exact) mass is 338 g/mol. The maximum Gasteiger partial charge on any atom is 0.416 e. The van der Waals surface area contributed by atoms with Gasteiger partial charge in [-0.1, -0.05) is 12.1 Å². The van der Waals surface area contributed by atoms with Crippen LogP contribution in [0.25, 0.3) is 0 Å². The van der Waals surface area contributed by atoms with E-state index in [4.69, 9.17) is 5.26 Å². The molecule has 0 amide bonds. The molecule has 23 heavy (non-hydrogen) atoms. The van der Waals surface area contributed by atoms with Crippen LogP contribution in [0.3, 0.4) is 0 Å². The van der Waals surface area contributed by atoms with Gasteiger partial charge in [-0.25, -0.2) is 0 Å². The molecule has 1 unspecified atom stereocenters. The average molecular weight is 338 g/mol. The van der Waals surface area contributed by atoms with Crippen LogP contribution in [0.15, 0.2) is 47.4 Å². The number of nitrogens with zero attached hydrogens (tertiary/aromatic N) is 1. The first kappa shape index (κ1) is 17.0. The van der Waals surface area contributed by atoms with Crippen molar-refractivity contribution in [3.8, 4) is 6.07 Å². The molecule has 2 aromatic carbocycles. The van der Waals surface area contributed by atoms with Crippen molar-refractivity contribution < 1.29 is 17.4 Å². The molecule has 0 aliphatic carbocycles. The van der Waals surface area contributed by atoms with Gasteiger partial charge in [0.1, 0.15) is 6.07 Å². The third-order valence-electron chi connectivity index (χ3n) is 3.21. The smallest absolute Gasteiger partial charge is 0.380 e. The summed E-state index contributed by atoms with van der Waals surface area (Å²) in [6.07, 6.45) is -2.90. The molecule has 0 spiro atoms. The summed E-state index contributed by atoms with van der Waals surface area (Å²) < 4.78 is 49.2. The highest BCUT2D eigenvalue weighted by Gasteiger charge is 2.31. The minimum atomic E-state index is -4.48. The molecule has 0 fully saturated rings. The molecular weight excluding hydrogens is 325 g/mol. The Morgan fingerprint density at radius 3 is 2.35 bits per heavy atom. The Morgan fingerprint density at radius 2 is 1.83 bits per heavy atom. The molecule has 0 aliphatic rings. The molecule has 2 aromatic rings. The lowest BCUT2D eigenvalue weighted by Crippen LogP contribution is -2.07. The zero-order valence-electron chi connectivity index (χ0n) is 12.1. The Bertz CT molecular complexity index is 764. The number of alkyl halides is 3. The van der Waals surface area contributed by atoms with Crippen LogP contribution in [0.4, 0.5) is 18.9 Å². The van der Waals surface area contributed by atoms with Gasteiger partial charge in [0.2, 0.25) is 0 Å². The Balaban J connectivity index is 2.14. The first-order valence-corrected chi connectivity index (χ1v) is 8.14. The third kappa shape index (κ3) is 4.33. The topological polar surface area (TPSA) is 52.9 Å². The Labute approximate surface area is 134 Å². The first-order chi connectivity index (χ1) is 10.8. The van der Waals surface area contributed by atoms with E-state index >= 15 is 0 Å². The largest absolute Gasteiger partial charge is 0.416 e. The first-order valence-electron chi connectivity index (χ1n) is 6.59. The minimum Gasteiger partial charge on any atom is -0.380 e. The quantitative estimate of drug-likeness (QED) is 0.919. The standard InChI is InChI=1S/C16H13F3N2OS/c1-23(22)14-5-2-11(3-6-14)10-21-15-7-4-13(16(17,18)19)8-12(15)9-20/h2-8,21H,10H2,1H3. The van der Waals surface area contributed by atoms with E-state index in [-0.39, 0.29) is 5.56 Å². The number of nitriles is 1. The maximum absolute atomic E-state index is 12.6. The predicted molar refractivity (Wildman–Crippen MR) is 82.3 cm³/mol. The zero-order valence-corrected chi connectivity index (χ0v) is 13.0. The van der Waals surface area contributed by atoms with E-state index in [9.17, 15) is 17.4 Å². The highest BCUT2D eigenvalue weighted by molar-refractivity contribution is 7.84. The second-order valence-corrected chi connectivity index (χ2v) is 6.20. The summed E-state index contributed by atoms with van der Waals surface area (Å²) in [5, 5.41) is 12.0. The lowest BCUT2D eigenvalue weighted by Gasteiger charge is -2.12. The fourth-order valence-corrected chi connectivity index (χ4v) is 2.48. The second kappa shape index (κ2) is 6.84. The molecular formula is C16H13F3N2OS. The Kier molecular flexibility index (Phi) is 5.06. The fraction of sp³-hybridized carbons (Fsp3) is 0.188. The van der Waals surface area contributed by atoms with Crippen molar-refractivity contribution >= 4 is 16.5 Å². The number of benzene rings is 2. The fourth-order valence-electron chi connectivity index (χ4n) is 1.96. The number of anilines is 1. The van der Waals surface area contributed by atoms with Crippen LogP contribution in [0.2, 0.25) is 0 Å². The number of hydrogen-bond acceptors (Lipinski definition) is 3. The number of rotatable bonds is 4. The molecule has 3 nitrogen and oxygen atoms in total. The Morgan fingerprint density at radius 1 is 1.17 bits per heavy atom. The molecule has 1 N–H and O–H groups in total. The number of halogens is 3. The summed E-state index contributed by atoms with van der Waals surface area (Å²) in [4.78, 5) is 0.695. The van der Waals surface area contributed by atoms with E-state index < -0.39 is 22.5 Å². The molecule has 0 bridgehead atoms. The van der Waals surface area contributed by atoms with Crippen LogP contribution < -0.4 is 5.32 Å². The van der Waals surface area contributed by atoms with E-state index in [1.165, 1.54) is 6.07 Å². The van der Waals surface area contributed by atoms with Crippen LogP contribution in [0.5, 0.6) is 0 Å². The van der Waals surface area contributed by atoms with Gasteiger partial charge in [0, 0.05) is 28.5 Å². The van der Waals surface area contributed by atoms with E-state index in [2.05, 4.69) is 5.32 Å².